The number of hydrogen-bond acceptors (Lipinski definition) is 2. The van der Waals surface area contributed by atoms with Crippen LogP contribution in [0.3, 0.4) is 0 Å². The number of hydrogen-bond donors (Lipinski definition) is 1. The monoisotopic (exact) mass is 299 g/mol. The maximum atomic E-state index is 5.69. The minimum absolute atomic E-state index is 0.761. The Hall–Kier alpha value is -2.76. The third-order valence-electron chi connectivity index (χ3n) is 3.64. The number of anilines is 1. The highest BCUT2D eigenvalue weighted by Gasteiger charge is 2.03. The zero-order valence-electron chi connectivity index (χ0n) is 11.8. The minimum atomic E-state index is 0.761. The Balaban J connectivity index is 1.77. The second-order valence-corrected chi connectivity index (χ2v) is 6.26. The molecule has 1 aromatic heterocycles. The Morgan fingerprint density at radius 2 is 1.36 bits per heavy atom. The van der Waals surface area contributed by atoms with Crippen molar-refractivity contribution < 1.29 is 0 Å². The van der Waals surface area contributed by atoms with Crippen molar-refractivity contribution in [2.45, 2.75) is 0 Å². The third kappa shape index (κ3) is 2.32. The molecule has 0 radical (unpaired) electrons. The van der Waals surface area contributed by atoms with Crippen molar-refractivity contribution in [2.75, 3.05) is 5.73 Å². The van der Waals surface area contributed by atoms with E-state index in [-0.39, 0.29) is 0 Å². The first kappa shape index (κ1) is 12.9. The van der Waals surface area contributed by atoms with E-state index in [9.17, 15) is 0 Å². The Kier molecular flexibility index (Phi) is 3.07. The summed E-state index contributed by atoms with van der Waals surface area (Å²) < 4.78 is 2.60. The zero-order valence-corrected chi connectivity index (χ0v) is 12.7. The van der Waals surface area contributed by atoms with E-state index in [0.29, 0.717) is 0 Å². The van der Waals surface area contributed by atoms with Gasteiger partial charge in [-0.3, -0.25) is 0 Å². The molecule has 0 unspecified atom stereocenters. The van der Waals surface area contributed by atoms with Crippen molar-refractivity contribution in [2.24, 2.45) is 0 Å². The fraction of sp³-hybridized carbons (Fsp3) is 0. The van der Waals surface area contributed by atoms with Crippen LogP contribution in [-0.4, -0.2) is 0 Å². The molecule has 0 bridgehead atoms. The number of nitrogens with two attached hydrogens (primary N) is 1. The number of benzene rings is 3. The summed E-state index contributed by atoms with van der Waals surface area (Å²) >= 11 is 1.82. The van der Waals surface area contributed by atoms with Crippen LogP contribution < -0.4 is 5.73 Å². The molecule has 1 nitrogen and oxygen atoms in total. The molecular formula is C20H13NS. The molecule has 2 N–H and O–H groups in total. The Morgan fingerprint density at radius 3 is 2.23 bits per heavy atom. The standard InChI is InChI=1S/C20H13NS/c21-16-10-7-14(8-11-16)5-6-15-9-12-18-17-3-1-2-4-19(17)22-20(18)13-15/h1-4,7-13H,21H2. The van der Waals surface area contributed by atoms with E-state index in [1.165, 1.54) is 20.2 Å². The van der Waals surface area contributed by atoms with Crippen molar-refractivity contribution in [3.05, 3.63) is 77.9 Å². The van der Waals surface area contributed by atoms with Gasteiger partial charge in [0, 0.05) is 37.0 Å². The largest absolute Gasteiger partial charge is 0.399 e. The maximum absolute atomic E-state index is 5.69. The molecular weight excluding hydrogens is 286 g/mol. The van der Waals surface area contributed by atoms with Gasteiger partial charge in [0.15, 0.2) is 0 Å². The Labute approximate surface area is 133 Å². The molecule has 0 saturated carbocycles. The van der Waals surface area contributed by atoms with E-state index < -0.39 is 0 Å². The molecule has 0 aliphatic heterocycles. The van der Waals surface area contributed by atoms with Crippen molar-refractivity contribution in [1.29, 1.82) is 0 Å². The van der Waals surface area contributed by atoms with Gasteiger partial charge in [-0.25, -0.2) is 0 Å². The Bertz CT molecular complexity index is 1030. The first-order valence-corrected chi connectivity index (χ1v) is 7.90. The van der Waals surface area contributed by atoms with Crippen LogP contribution in [0, 0.1) is 11.8 Å². The number of rotatable bonds is 0. The van der Waals surface area contributed by atoms with E-state index in [1.807, 2.05) is 35.6 Å². The zero-order chi connectivity index (χ0) is 14.9. The van der Waals surface area contributed by atoms with Gasteiger partial charge in [-0.2, -0.15) is 0 Å². The molecule has 2 heteroatoms. The third-order valence-corrected chi connectivity index (χ3v) is 4.77. The quantitative estimate of drug-likeness (QED) is 0.357. The average Bonchev–Trinajstić information content (AvgIpc) is 2.92. The van der Waals surface area contributed by atoms with Gasteiger partial charge in [0.05, 0.1) is 0 Å². The van der Waals surface area contributed by atoms with E-state index >= 15 is 0 Å². The van der Waals surface area contributed by atoms with Crippen LogP contribution in [0.5, 0.6) is 0 Å². The van der Waals surface area contributed by atoms with Crippen LogP contribution in [0.2, 0.25) is 0 Å². The van der Waals surface area contributed by atoms with Crippen LogP contribution in [0.4, 0.5) is 5.69 Å². The van der Waals surface area contributed by atoms with Gasteiger partial charge in [-0.1, -0.05) is 36.1 Å². The van der Waals surface area contributed by atoms with Gasteiger partial charge in [-0.05, 0) is 42.5 Å². The predicted octanol–water partition coefficient (Wildman–Crippen LogP) is 5.04. The lowest BCUT2D eigenvalue weighted by atomic mass is 10.1. The highest BCUT2D eigenvalue weighted by Crippen LogP contribution is 2.33. The molecule has 4 aromatic rings. The molecule has 3 aromatic carbocycles. The van der Waals surface area contributed by atoms with Crippen LogP contribution >= 0.6 is 11.3 Å². The van der Waals surface area contributed by atoms with Gasteiger partial charge in [0.1, 0.15) is 0 Å². The summed E-state index contributed by atoms with van der Waals surface area (Å²) in [5.41, 5.74) is 8.46. The van der Waals surface area contributed by atoms with Crippen LogP contribution in [0.1, 0.15) is 11.1 Å². The highest BCUT2D eigenvalue weighted by atomic mass is 32.1. The minimum Gasteiger partial charge on any atom is -0.399 e. The summed E-state index contributed by atoms with van der Waals surface area (Å²) in [6, 6.07) is 22.6. The summed E-state index contributed by atoms with van der Waals surface area (Å²) in [6.07, 6.45) is 0. The van der Waals surface area contributed by atoms with Gasteiger partial charge in [0.25, 0.3) is 0 Å². The van der Waals surface area contributed by atoms with Crippen molar-refractivity contribution in [3.63, 3.8) is 0 Å². The topological polar surface area (TPSA) is 26.0 Å². The predicted molar refractivity (Wildman–Crippen MR) is 96.2 cm³/mol. The van der Waals surface area contributed by atoms with Gasteiger partial charge >= 0.3 is 0 Å². The van der Waals surface area contributed by atoms with Crippen molar-refractivity contribution in [3.8, 4) is 11.8 Å². The van der Waals surface area contributed by atoms with E-state index in [2.05, 4.69) is 54.3 Å². The molecule has 1 heterocycles. The lowest BCUT2D eigenvalue weighted by molar-refractivity contribution is 1.63. The smallest absolute Gasteiger partial charge is 0.0367 e. The molecule has 4 rings (SSSR count). The van der Waals surface area contributed by atoms with Crippen LogP contribution in [0.25, 0.3) is 20.2 Å². The number of nitrogen functional groups attached to an aromatic ring is 1. The van der Waals surface area contributed by atoms with Gasteiger partial charge in [-0.15, -0.1) is 11.3 Å². The molecule has 0 aliphatic carbocycles. The van der Waals surface area contributed by atoms with Gasteiger partial charge in [0.2, 0.25) is 0 Å². The number of fused-ring (bicyclic) bond motifs is 3. The normalized spacial score (nSPS) is 10.5. The van der Waals surface area contributed by atoms with Crippen molar-refractivity contribution >= 4 is 37.2 Å². The summed E-state index contributed by atoms with van der Waals surface area (Å²) in [4.78, 5) is 0. The second kappa shape index (κ2) is 5.22. The van der Waals surface area contributed by atoms with E-state index in [0.717, 1.165) is 16.8 Å². The highest BCUT2D eigenvalue weighted by molar-refractivity contribution is 7.25. The van der Waals surface area contributed by atoms with E-state index in [1.54, 1.807) is 0 Å². The molecule has 104 valence electrons. The number of thiophene rings is 1. The molecule has 0 fully saturated rings. The lowest BCUT2D eigenvalue weighted by Gasteiger charge is -1.94. The maximum Gasteiger partial charge on any atom is 0.0367 e. The van der Waals surface area contributed by atoms with Crippen LogP contribution in [0.15, 0.2) is 66.7 Å². The summed E-state index contributed by atoms with van der Waals surface area (Å²) in [5, 5.41) is 2.62. The lowest BCUT2D eigenvalue weighted by Crippen LogP contribution is -1.83. The SMILES string of the molecule is Nc1ccc(C#Cc2ccc3c(c2)sc2ccccc23)cc1. The summed E-state index contributed by atoms with van der Waals surface area (Å²) in [6.45, 7) is 0. The summed E-state index contributed by atoms with van der Waals surface area (Å²) in [5.74, 6) is 6.42. The van der Waals surface area contributed by atoms with E-state index in [4.69, 9.17) is 5.73 Å². The molecule has 22 heavy (non-hydrogen) atoms. The molecule has 0 atom stereocenters. The molecule has 0 saturated heterocycles. The Morgan fingerprint density at radius 1 is 0.682 bits per heavy atom. The molecule has 0 amide bonds. The fourth-order valence-corrected chi connectivity index (χ4v) is 3.66. The van der Waals surface area contributed by atoms with Crippen LogP contribution in [-0.2, 0) is 0 Å². The summed E-state index contributed by atoms with van der Waals surface area (Å²) in [7, 11) is 0. The first-order valence-electron chi connectivity index (χ1n) is 7.08. The van der Waals surface area contributed by atoms with Crippen molar-refractivity contribution in [1.82, 2.24) is 0 Å². The first-order chi connectivity index (χ1) is 10.8. The molecule has 0 spiro atoms. The van der Waals surface area contributed by atoms with Gasteiger partial charge < -0.3 is 5.73 Å². The average molecular weight is 299 g/mol. The fourth-order valence-electron chi connectivity index (χ4n) is 2.51. The molecule has 0 aliphatic rings. The second-order valence-electron chi connectivity index (χ2n) is 5.18.